The van der Waals surface area contributed by atoms with Crippen molar-refractivity contribution in [2.24, 2.45) is 0 Å². The number of hydrogen-bond acceptors (Lipinski definition) is 6. The fourth-order valence-corrected chi connectivity index (χ4v) is 4.25. The Hall–Kier alpha value is -2.26. The van der Waals surface area contributed by atoms with Crippen LogP contribution in [0, 0.1) is 0 Å². The molecule has 3 amide bonds. The number of ether oxygens (including phenoxy) is 1. The van der Waals surface area contributed by atoms with Crippen LogP contribution in [-0.2, 0) is 4.79 Å². The molecule has 0 atom stereocenters. The number of thiocarbonyl (C=S) groups is 1. The number of benzene rings is 1. The topological polar surface area (TPSA) is 90.9 Å². The van der Waals surface area contributed by atoms with E-state index in [1.54, 1.807) is 18.2 Å². The Labute approximate surface area is 167 Å². The van der Waals surface area contributed by atoms with E-state index in [1.807, 2.05) is 0 Å². The molecule has 3 rings (SSSR count). The van der Waals surface area contributed by atoms with E-state index in [-0.39, 0.29) is 16.1 Å². The number of methoxy groups -OCH3 is 1. The number of phenolic OH excluding ortho intramolecular Hbond substituents is 1. The summed E-state index contributed by atoms with van der Waals surface area (Å²) in [4.78, 5) is 25.2. The molecule has 2 fully saturated rings. The quantitative estimate of drug-likeness (QED) is 0.525. The summed E-state index contributed by atoms with van der Waals surface area (Å²) in [6, 6.07) is 4.47. The van der Waals surface area contributed by atoms with E-state index in [0.29, 0.717) is 16.2 Å². The van der Waals surface area contributed by atoms with E-state index in [9.17, 15) is 14.7 Å². The molecular weight excluding hydrogens is 386 g/mol. The van der Waals surface area contributed by atoms with Gasteiger partial charge in [0.1, 0.15) is 0 Å². The highest BCUT2D eigenvalue weighted by Crippen LogP contribution is 2.33. The Morgan fingerprint density at radius 3 is 2.81 bits per heavy atom. The minimum atomic E-state index is -0.425. The van der Waals surface area contributed by atoms with Crippen molar-refractivity contribution in [1.82, 2.24) is 15.8 Å². The lowest BCUT2D eigenvalue weighted by atomic mass is 9.96. The SMILES string of the molecule is COc1cc(/C=C2/SC(=S)N(NC(=O)NC3CCCCC3)C2=O)ccc1O. The maximum atomic E-state index is 12.6. The number of aromatic hydroxyl groups is 1. The van der Waals surface area contributed by atoms with Gasteiger partial charge in [0.05, 0.1) is 12.0 Å². The van der Waals surface area contributed by atoms with Crippen molar-refractivity contribution < 1.29 is 19.4 Å². The van der Waals surface area contributed by atoms with Crippen molar-refractivity contribution >= 4 is 46.3 Å². The highest BCUT2D eigenvalue weighted by molar-refractivity contribution is 8.26. The third kappa shape index (κ3) is 4.72. The highest BCUT2D eigenvalue weighted by atomic mass is 32.2. The fraction of sp³-hybridized carbons (Fsp3) is 0.389. The van der Waals surface area contributed by atoms with E-state index < -0.39 is 11.9 Å². The van der Waals surface area contributed by atoms with Gasteiger partial charge >= 0.3 is 6.03 Å². The minimum Gasteiger partial charge on any atom is -0.504 e. The van der Waals surface area contributed by atoms with Crippen molar-refractivity contribution in [3.8, 4) is 11.5 Å². The molecule has 0 bridgehead atoms. The van der Waals surface area contributed by atoms with Gasteiger partial charge in [0, 0.05) is 6.04 Å². The van der Waals surface area contributed by atoms with Crippen LogP contribution in [-0.4, -0.2) is 39.5 Å². The van der Waals surface area contributed by atoms with E-state index in [2.05, 4.69) is 10.7 Å². The first-order chi connectivity index (χ1) is 13.0. The van der Waals surface area contributed by atoms with Crippen molar-refractivity contribution in [2.45, 2.75) is 38.1 Å². The number of nitrogens with one attached hydrogen (secondary N) is 2. The molecule has 0 radical (unpaired) electrons. The standard InChI is InChI=1S/C18H21N3O4S2/c1-25-14-9-11(7-8-13(14)22)10-15-16(23)21(18(26)27-15)20-17(24)19-12-5-3-2-4-6-12/h7-10,12,22H,2-6H2,1H3,(H2,19,20,24)/b15-10+. The molecule has 1 saturated heterocycles. The molecule has 1 aromatic carbocycles. The van der Waals surface area contributed by atoms with Gasteiger partial charge in [-0.3, -0.25) is 4.79 Å². The number of thioether (sulfide) groups is 1. The molecule has 1 aliphatic carbocycles. The molecule has 1 aliphatic heterocycles. The van der Waals surface area contributed by atoms with Gasteiger partial charge in [-0.25, -0.2) is 10.2 Å². The Morgan fingerprint density at radius 2 is 2.11 bits per heavy atom. The first-order valence-corrected chi connectivity index (χ1v) is 9.92. The monoisotopic (exact) mass is 407 g/mol. The van der Waals surface area contributed by atoms with Crippen LogP contribution in [0.1, 0.15) is 37.7 Å². The third-order valence-electron chi connectivity index (χ3n) is 4.45. The lowest BCUT2D eigenvalue weighted by Gasteiger charge is -2.24. The lowest BCUT2D eigenvalue weighted by Crippen LogP contribution is -2.51. The average Bonchev–Trinajstić information content (AvgIpc) is 2.91. The van der Waals surface area contributed by atoms with Crippen LogP contribution in [0.4, 0.5) is 4.79 Å². The predicted octanol–water partition coefficient (Wildman–Crippen LogP) is 3.15. The number of amides is 3. The molecule has 27 heavy (non-hydrogen) atoms. The van der Waals surface area contributed by atoms with Gasteiger partial charge in [0.2, 0.25) is 0 Å². The van der Waals surface area contributed by atoms with Crippen LogP contribution >= 0.6 is 24.0 Å². The minimum absolute atomic E-state index is 0.0169. The molecule has 0 spiro atoms. The molecular formula is C18H21N3O4S2. The third-order valence-corrected chi connectivity index (χ3v) is 5.75. The molecule has 1 heterocycles. The van der Waals surface area contributed by atoms with Crippen LogP contribution in [0.5, 0.6) is 11.5 Å². The zero-order valence-corrected chi connectivity index (χ0v) is 16.5. The van der Waals surface area contributed by atoms with Crippen LogP contribution in [0.25, 0.3) is 6.08 Å². The molecule has 0 aromatic heterocycles. The van der Waals surface area contributed by atoms with Crippen molar-refractivity contribution in [2.75, 3.05) is 7.11 Å². The smallest absolute Gasteiger partial charge is 0.334 e. The number of urea groups is 1. The van der Waals surface area contributed by atoms with Crippen LogP contribution in [0.3, 0.4) is 0 Å². The van der Waals surface area contributed by atoms with Crippen LogP contribution in [0.2, 0.25) is 0 Å². The summed E-state index contributed by atoms with van der Waals surface area (Å²) in [6.45, 7) is 0. The normalized spacial score (nSPS) is 19.4. The van der Waals surface area contributed by atoms with Crippen molar-refractivity contribution in [1.29, 1.82) is 0 Å². The second kappa shape index (κ2) is 8.62. The number of phenols is 1. The average molecular weight is 408 g/mol. The zero-order valence-electron chi connectivity index (χ0n) is 14.9. The number of carbonyl (C=O) groups excluding carboxylic acids is 2. The number of carbonyl (C=O) groups is 2. The van der Waals surface area contributed by atoms with Gasteiger partial charge in [-0.05, 0) is 48.8 Å². The lowest BCUT2D eigenvalue weighted by molar-refractivity contribution is -0.123. The van der Waals surface area contributed by atoms with Gasteiger partial charge in [-0.15, -0.1) is 0 Å². The maximum Gasteiger partial charge on any atom is 0.334 e. The largest absolute Gasteiger partial charge is 0.504 e. The van der Waals surface area contributed by atoms with Crippen LogP contribution < -0.4 is 15.5 Å². The number of rotatable bonds is 4. The number of nitrogens with zero attached hydrogens (tertiary/aromatic N) is 1. The zero-order chi connectivity index (χ0) is 19.4. The summed E-state index contributed by atoms with van der Waals surface area (Å²) in [6.07, 6.45) is 6.95. The van der Waals surface area contributed by atoms with Crippen molar-refractivity contribution in [3.63, 3.8) is 0 Å². The Balaban J connectivity index is 1.66. The van der Waals surface area contributed by atoms with Crippen LogP contribution in [0.15, 0.2) is 23.1 Å². The van der Waals surface area contributed by atoms with E-state index in [4.69, 9.17) is 17.0 Å². The molecule has 144 valence electrons. The Bertz CT molecular complexity index is 791. The molecule has 0 unspecified atom stereocenters. The van der Waals surface area contributed by atoms with E-state index in [0.717, 1.165) is 42.5 Å². The molecule has 9 heteroatoms. The summed E-state index contributed by atoms with van der Waals surface area (Å²) in [5, 5.41) is 13.6. The first kappa shape index (κ1) is 19.5. The summed E-state index contributed by atoms with van der Waals surface area (Å²) < 4.78 is 5.33. The summed E-state index contributed by atoms with van der Waals surface area (Å²) in [5.41, 5.74) is 3.22. The second-order valence-electron chi connectivity index (χ2n) is 6.37. The predicted molar refractivity (Wildman–Crippen MR) is 108 cm³/mol. The van der Waals surface area contributed by atoms with Gasteiger partial charge in [0.15, 0.2) is 15.8 Å². The maximum absolute atomic E-state index is 12.6. The van der Waals surface area contributed by atoms with Crippen molar-refractivity contribution in [3.05, 3.63) is 28.7 Å². The molecule has 7 nitrogen and oxygen atoms in total. The van der Waals surface area contributed by atoms with Gasteiger partial charge in [-0.1, -0.05) is 37.1 Å². The van der Waals surface area contributed by atoms with Gasteiger partial charge in [-0.2, -0.15) is 5.01 Å². The Morgan fingerprint density at radius 1 is 1.37 bits per heavy atom. The molecule has 1 saturated carbocycles. The van der Waals surface area contributed by atoms with Gasteiger partial charge < -0.3 is 15.2 Å². The molecule has 3 N–H and O–H groups in total. The van der Waals surface area contributed by atoms with Gasteiger partial charge in [0.25, 0.3) is 5.91 Å². The number of hydrazine groups is 1. The molecule has 2 aliphatic rings. The summed E-state index contributed by atoms with van der Waals surface area (Å²) >= 11 is 6.33. The fourth-order valence-electron chi connectivity index (χ4n) is 3.07. The van der Waals surface area contributed by atoms with E-state index in [1.165, 1.54) is 19.6 Å². The summed E-state index contributed by atoms with van der Waals surface area (Å²) in [5.74, 6) is -0.0664. The van der Waals surface area contributed by atoms with E-state index >= 15 is 0 Å². The Kier molecular flexibility index (Phi) is 6.22. The number of hydrogen-bond donors (Lipinski definition) is 3. The first-order valence-electron chi connectivity index (χ1n) is 8.70. The molecule has 1 aromatic rings. The summed E-state index contributed by atoms with van der Waals surface area (Å²) in [7, 11) is 1.45. The highest BCUT2D eigenvalue weighted by Gasteiger charge is 2.34. The second-order valence-corrected chi connectivity index (χ2v) is 8.04.